The van der Waals surface area contributed by atoms with Crippen LogP contribution in [0.25, 0.3) is 43.8 Å². The topological polar surface area (TPSA) is 40.3 Å². The van der Waals surface area contributed by atoms with Gasteiger partial charge in [-0.3, -0.25) is 4.90 Å². The van der Waals surface area contributed by atoms with Gasteiger partial charge in [0.05, 0.1) is 5.69 Å². The van der Waals surface area contributed by atoms with Gasteiger partial charge >= 0.3 is 0 Å². The summed E-state index contributed by atoms with van der Waals surface area (Å²) < 4.78 is 0. The van der Waals surface area contributed by atoms with Gasteiger partial charge in [0.1, 0.15) is 5.82 Å². The molecule has 1 aliphatic heterocycles. The third kappa shape index (κ3) is 5.22. The molecule has 0 radical (unpaired) electrons. The van der Waals surface area contributed by atoms with Crippen molar-refractivity contribution in [2.75, 3.05) is 4.90 Å². The zero-order chi connectivity index (χ0) is 34.1. The van der Waals surface area contributed by atoms with E-state index in [1.165, 1.54) is 38.2 Å². The summed E-state index contributed by atoms with van der Waals surface area (Å²) in [7, 11) is 0. The molecule has 0 atom stereocenters. The molecule has 0 saturated carbocycles. The lowest BCUT2D eigenvalue weighted by molar-refractivity contribution is 0.616. The molecule has 0 fully saturated rings. The van der Waals surface area contributed by atoms with Crippen molar-refractivity contribution < 1.29 is 0 Å². The zero-order valence-electron chi connectivity index (χ0n) is 28.2. The zero-order valence-corrected chi connectivity index (χ0v) is 28.2. The maximum absolute atomic E-state index is 4.55. The minimum absolute atomic E-state index is 0.364. The van der Waals surface area contributed by atoms with Gasteiger partial charge in [-0.15, -0.1) is 0 Å². The van der Waals surface area contributed by atoms with Crippen LogP contribution in [0.1, 0.15) is 31.9 Å². The lowest BCUT2D eigenvalue weighted by Crippen LogP contribution is -2.33. The van der Waals surface area contributed by atoms with Gasteiger partial charge in [0.15, 0.2) is 5.84 Å². The number of hydrogen-bond donors (Lipinski definition) is 0. The summed E-state index contributed by atoms with van der Waals surface area (Å²) in [5.41, 5.74) is 9.63. The highest BCUT2D eigenvalue weighted by Crippen LogP contribution is 2.51. The van der Waals surface area contributed by atoms with E-state index in [0.29, 0.717) is 5.84 Å². The Hall–Kier alpha value is -6.13. The van der Waals surface area contributed by atoms with E-state index < -0.39 is 0 Å². The van der Waals surface area contributed by atoms with Crippen molar-refractivity contribution in [2.24, 2.45) is 15.0 Å². The Labute approximate surface area is 288 Å². The SMILES string of the molecule is C=CC1=C(N=C)N(c2ccccc2)c2ccc(-c3c4ccccc4c(-c4ccc(C(N=C)=N/C=C\C)cc4)c4ccccc34)cc2C1(C)C. The number of nitrogens with zero attached hydrogens (tertiary/aromatic N) is 4. The summed E-state index contributed by atoms with van der Waals surface area (Å²) >= 11 is 0. The van der Waals surface area contributed by atoms with E-state index in [9.17, 15) is 0 Å². The number of aliphatic imine (C=N–C) groups is 3. The second kappa shape index (κ2) is 12.8. The molecular weight excluding hydrogens is 597 g/mol. The van der Waals surface area contributed by atoms with Gasteiger partial charge in [-0.1, -0.05) is 130 Å². The molecular formula is C45H38N4. The van der Waals surface area contributed by atoms with Gasteiger partial charge in [0, 0.05) is 28.4 Å². The molecule has 4 heteroatoms. The lowest BCUT2D eigenvalue weighted by atomic mass is 9.73. The van der Waals surface area contributed by atoms with Crippen LogP contribution in [-0.2, 0) is 5.41 Å². The van der Waals surface area contributed by atoms with E-state index in [4.69, 9.17) is 0 Å². The molecule has 0 spiro atoms. The van der Waals surface area contributed by atoms with E-state index in [0.717, 1.165) is 39.5 Å². The molecule has 0 amide bonds. The number of rotatable bonds is 7. The predicted molar refractivity (Wildman–Crippen MR) is 212 cm³/mol. The fourth-order valence-electron chi connectivity index (χ4n) is 7.28. The average Bonchev–Trinajstić information content (AvgIpc) is 3.14. The molecule has 0 unspecified atom stereocenters. The van der Waals surface area contributed by atoms with Gasteiger partial charge in [-0.25, -0.2) is 15.0 Å². The number of amidine groups is 1. The van der Waals surface area contributed by atoms with Crippen molar-refractivity contribution in [1.82, 2.24) is 0 Å². The van der Waals surface area contributed by atoms with Gasteiger partial charge in [0.25, 0.3) is 0 Å². The van der Waals surface area contributed by atoms with Crippen molar-refractivity contribution in [3.05, 3.63) is 169 Å². The minimum atomic E-state index is -0.364. The van der Waals surface area contributed by atoms with Gasteiger partial charge < -0.3 is 0 Å². The Bertz CT molecular complexity index is 2300. The third-order valence-corrected chi connectivity index (χ3v) is 9.55. The molecule has 0 N–H and O–H groups in total. The van der Waals surface area contributed by atoms with E-state index in [-0.39, 0.29) is 5.41 Å². The highest BCUT2D eigenvalue weighted by molar-refractivity contribution is 6.21. The molecule has 7 rings (SSSR count). The molecule has 1 heterocycles. The Balaban J connectivity index is 1.47. The molecule has 1 aliphatic rings. The summed E-state index contributed by atoms with van der Waals surface area (Å²) in [5.74, 6) is 1.41. The number of anilines is 2. The Morgan fingerprint density at radius 3 is 1.78 bits per heavy atom. The van der Waals surface area contributed by atoms with Gasteiger partial charge in [-0.05, 0) is 94.0 Å². The average molecular weight is 635 g/mol. The van der Waals surface area contributed by atoms with Crippen LogP contribution in [-0.4, -0.2) is 19.3 Å². The first-order valence-corrected chi connectivity index (χ1v) is 16.5. The van der Waals surface area contributed by atoms with Crippen LogP contribution in [0.4, 0.5) is 11.4 Å². The Kier molecular flexibility index (Phi) is 8.23. The smallest absolute Gasteiger partial charge is 0.158 e. The quantitative estimate of drug-likeness (QED) is 0.0978. The van der Waals surface area contributed by atoms with Crippen LogP contribution in [0.3, 0.4) is 0 Å². The number of hydrogen-bond acceptors (Lipinski definition) is 3. The monoisotopic (exact) mass is 634 g/mol. The standard InChI is InChI=1S/C45H38N4/c1-7-28-48-43(46-5)31-24-22-30(23-25-31)41-34-18-12-14-20-36(34)42(37-21-15-13-19-35(37)41)32-26-27-40-39(29-32)45(3,4)38(8-2)44(47-6)49(40)33-16-10-9-11-17-33/h7-29H,2,5-6H2,1,3-4H3/b28-7-,48-43?. The highest BCUT2D eigenvalue weighted by atomic mass is 15.2. The normalized spacial score (nSPS) is 14.3. The van der Waals surface area contributed by atoms with Crippen molar-refractivity contribution in [3.8, 4) is 22.3 Å². The van der Waals surface area contributed by atoms with Crippen LogP contribution in [0.5, 0.6) is 0 Å². The van der Waals surface area contributed by atoms with Crippen LogP contribution in [0, 0.1) is 0 Å². The molecule has 0 aromatic heterocycles. The third-order valence-electron chi connectivity index (χ3n) is 9.55. The number of fused-ring (bicyclic) bond motifs is 3. The predicted octanol–water partition coefficient (Wildman–Crippen LogP) is 11.8. The van der Waals surface area contributed by atoms with Crippen LogP contribution in [0.2, 0.25) is 0 Å². The summed E-state index contributed by atoms with van der Waals surface area (Å²) in [6.07, 6.45) is 5.55. The van der Waals surface area contributed by atoms with Gasteiger partial charge in [0.2, 0.25) is 0 Å². The van der Waals surface area contributed by atoms with E-state index >= 15 is 0 Å². The number of para-hydroxylation sites is 1. The maximum Gasteiger partial charge on any atom is 0.158 e. The molecule has 6 aromatic rings. The fraction of sp³-hybridized carbons (Fsp3) is 0.0889. The number of allylic oxidation sites excluding steroid dienone is 3. The first-order valence-electron chi connectivity index (χ1n) is 16.5. The molecule has 4 nitrogen and oxygen atoms in total. The first kappa shape index (κ1) is 31.5. The van der Waals surface area contributed by atoms with Gasteiger partial charge in [-0.2, -0.15) is 0 Å². The first-order chi connectivity index (χ1) is 23.9. The number of benzene rings is 6. The van der Waals surface area contributed by atoms with Crippen molar-refractivity contribution in [1.29, 1.82) is 0 Å². The second-order valence-electron chi connectivity index (χ2n) is 12.6. The fourth-order valence-corrected chi connectivity index (χ4v) is 7.28. The molecule has 238 valence electrons. The highest BCUT2D eigenvalue weighted by Gasteiger charge is 2.38. The molecule has 6 aromatic carbocycles. The Morgan fingerprint density at radius 1 is 0.694 bits per heavy atom. The Morgan fingerprint density at radius 2 is 1.24 bits per heavy atom. The molecule has 0 aliphatic carbocycles. The molecule has 0 saturated heterocycles. The maximum atomic E-state index is 4.55. The van der Waals surface area contributed by atoms with E-state index in [2.05, 4.69) is 169 Å². The molecule has 49 heavy (non-hydrogen) atoms. The van der Waals surface area contributed by atoms with Crippen LogP contribution >= 0.6 is 0 Å². The second-order valence-corrected chi connectivity index (χ2v) is 12.6. The van der Waals surface area contributed by atoms with E-state index in [1.807, 2.05) is 25.1 Å². The van der Waals surface area contributed by atoms with Crippen molar-refractivity contribution in [3.63, 3.8) is 0 Å². The van der Waals surface area contributed by atoms with E-state index in [1.54, 1.807) is 6.20 Å². The molecule has 0 bridgehead atoms. The lowest BCUT2D eigenvalue weighted by Gasteiger charge is -2.41. The minimum Gasteiger partial charge on any atom is -0.295 e. The van der Waals surface area contributed by atoms with Crippen LogP contribution < -0.4 is 4.90 Å². The summed E-state index contributed by atoms with van der Waals surface area (Å²) in [4.78, 5) is 15.4. The summed E-state index contributed by atoms with van der Waals surface area (Å²) in [6.45, 7) is 18.4. The largest absolute Gasteiger partial charge is 0.295 e. The van der Waals surface area contributed by atoms with Crippen molar-refractivity contribution >= 4 is 52.2 Å². The summed E-state index contributed by atoms with van der Waals surface area (Å²) in [5, 5.41) is 4.79. The van der Waals surface area contributed by atoms with Crippen LogP contribution in [0.15, 0.2) is 173 Å². The van der Waals surface area contributed by atoms with Crippen molar-refractivity contribution in [2.45, 2.75) is 26.2 Å². The summed E-state index contributed by atoms with van der Waals surface area (Å²) in [6, 6.07) is 43.2.